The summed E-state index contributed by atoms with van der Waals surface area (Å²) in [6.45, 7) is 0. The Labute approximate surface area is 124 Å². The molecular weight excluding hydrogens is 292 g/mol. The van der Waals surface area contributed by atoms with Gasteiger partial charge in [0.25, 0.3) is 0 Å². The minimum atomic E-state index is -1.77. The van der Waals surface area contributed by atoms with Gasteiger partial charge in [-0.2, -0.15) is 4.21 Å². The maximum Gasteiger partial charge on any atom is 0.305 e. The number of rotatable bonds is 5. The molecule has 0 amide bonds. The van der Waals surface area contributed by atoms with Crippen molar-refractivity contribution in [1.82, 2.24) is 0 Å². The van der Waals surface area contributed by atoms with Gasteiger partial charge >= 0.3 is 11.4 Å². The molecule has 6 heteroatoms. The van der Waals surface area contributed by atoms with E-state index in [-0.39, 0.29) is 12.2 Å². The van der Waals surface area contributed by atoms with E-state index in [2.05, 4.69) is 0 Å². The van der Waals surface area contributed by atoms with Crippen molar-refractivity contribution in [2.75, 3.05) is 0 Å². The normalized spacial score (nSPS) is 25.0. The van der Waals surface area contributed by atoms with Crippen LogP contribution in [0.1, 0.15) is 35.1 Å². The molecule has 1 saturated heterocycles. The van der Waals surface area contributed by atoms with Crippen molar-refractivity contribution in [1.29, 1.82) is 0 Å². The first kappa shape index (κ1) is 14.2. The minimum Gasteiger partial charge on any atom is -0.461 e. The Bertz CT molecular complexity index is 623. The number of benzene rings is 1. The zero-order chi connectivity index (χ0) is 14.7. The molecule has 1 aromatic carbocycles. The molecule has 110 valence electrons. The van der Waals surface area contributed by atoms with Crippen LogP contribution in [0.3, 0.4) is 0 Å². The fourth-order valence-electron chi connectivity index (χ4n) is 2.27. The highest BCUT2D eigenvalue weighted by Crippen LogP contribution is 2.34. The van der Waals surface area contributed by atoms with Crippen molar-refractivity contribution in [3.63, 3.8) is 0 Å². The minimum absolute atomic E-state index is 0.104. The molecule has 0 bridgehead atoms. The summed E-state index contributed by atoms with van der Waals surface area (Å²) < 4.78 is 27.1. The average Bonchev–Trinajstić information content (AvgIpc) is 3.15. The number of carbonyl (C=O) groups excluding carboxylic acids is 1. The van der Waals surface area contributed by atoms with E-state index in [0.717, 1.165) is 5.56 Å². The van der Waals surface area contributed by atoms with E-state index in [1.807, 2.05) is 30.3 Å². The lowest BCUT2D eigenvalue weighted by molar-refractivity contribution is 0.0910. The smallest absolute Gasteiger partial charge is 0.305 e. The summed E-state index contributed by atoms with van der Waals surface area (Å²) in [6, 6.07) is 12.7. The lowest BCUT2D eigenvalue weighted by Crippen LogP contribution is -2.16. The van der Waals surface area contributed by atoms with Crippen LogP contribution in [-0.4, -0.2) is 16.1 Å². The number of Topliss-reactive ketones (excluding diaryl/α,β-unsaturated/α-hetero) is 1. The molecular formula is C15H14O5S. The first-order valence-electron chi connectivity index (χ1n) is 6.62. The summed E-state index contributed by atoms with van der Waals surface area (Å²) in [5.74, 6) is 0.222. The first-order valence-corrected chi connectivity index (χ1v) is 7.62. The maximum absolute atomic E-state index is 11.9. The largest absolute Gasteiger partial charge is 0.461 e. The predicted molar refractivity (Wildman–Crippen MR) is 75.6 cm³/mol. The van der Waals surface area contributed by atoms with Gasteiger partial charge < -0.3 is 4.42 Å². The zero-order valence-electron chi connectivity index (χ0n) is 11.1. The molecule has 2 heterocycles. The van der Waals surface area contributed by atoms with Crippen LogP contribution in [0, 0.1) is 0 Å². The van der Waals surface area contributed by atoms with Gasteiger partial charge in [-0.15, -0.1) is 0 Å². The van der Waals surface area contributed by atoms with Crippen molar-refractivity contribution in [3.05, 3.63) is 60.1 Å². The Balaban J connectivity index is 1.66. The third-order valence-electron chi connectivity index (χ3n) is 3.30. The number of carbonyl (C=O) groups is 1. The quantitative estimate of drug-likeness (QED) is 0.795. The fourth-order valence-corrected chi connectivity index (χ4v) is 3.12. The van der Waals surface area contributed by atoms with E-state index in [1.54, 1.807) is 12.1 Å². The van der Waals surface area contributed by atoms with Crippen LogP contribution in [0.2, 0.25) is 0 Å². The third kappa shape index (κ3) is 3.29. The highest BCUT2D eigenvalue weighted by molar-refractivity contribution is 7.75. The Morgan fingerprint density at radius 1 is 1.10 bits per heavy atom. The maximum atomic E-state index is 11.9. The van der Waals surface area contributed by atoms with Crippen LogP contribution in [0.5, 0.6) is 0 Å². The van der Waals surface area contributed by atoms with Crippen LogP contribution < -0.4 is 0 Å². The molecule has 1 aliphatic heterocycles. The van der Waals surface area contributed by atoms with Crippen LogP contribution in [0.15, 0.2) is 53.1 Å². The van der Waals surface area contributed by atoms with Gasteiger partial charge in [0.05, 0.1) is 6.26 Å². The van der Waals surface area contributed by atoms with Crippen LogP contribution in [0.4, 0.5) is 0 Å². The number of furan rings is 1. The fraction of sp³-hybridized carbons (Fsp3) is 0.267. The summed E-state index contributed by atoms with van der Waals surface area (Å²) in [6.07, 6.45) is 1.31. The van der Waals surface area contributed by atoms with Crippen molar-refractivity contribution < 1.29 is 21.8 Å². The molecule has 21 heavy (non-hydrogen) atoms. The Morgan fingerprint density at radius 3 is 2.62 bits per heavy atom. The summed E-state index contributed by atoms with van der Waals surface area (Å²) in [7, 11) is 0. The lowest BCUT2D eigenvalue weighted by atomic mass is 9.99. The molecule has 0 radical (unpaired) electrons. The van der Waals surface area contributed by atoms with Gasteiger partial charge in [-0.3, -0.25) is 13.2 Å². The molecule has 2 aromatic rings. The molecule has 1 unspecified atom stereocenters. The SMILES string of the molecule is O=C(CC[C@H]1OS(=O)O[C@@H]1c1ccccc1)c1ccco1. The van der Waals surface area contributed by atoms with Crippen LogP contribution in [0.25, 0.3) is 0 Å². The molecule has 0 saturated carbocycles. The van der Waals surface area contributed by atoms with Crippen LogP contribution >= 0.6 is 0 Å². The second-order valence-corrected chi connectivity index (χ2v) is 5.50. The average molecular weight is 306 g/mol. The van der Waals surface area contributed by atoms with Crippen molar-refractivity contribution in [3.8, 4) is 0 Å². The van der Waals surface area contributed by atoms with Gasteiger partial charge in [0, 0.05) is 6.42 Å². The lowest BCUT2D eigenvalue weighted by Gasteiger charge is -2.14. The van der Waals surface area contributed by atoms with Gasteiger partial charge in [0.1, 0.15) is 12.2 Å². The highest BCUT2D eigenvalue weighted by Gasteiger charge is 2.36. The Kier molecular flexibility index (Phi) is 4.28. The third-order valence-corrected chi connectivity index (χ3v) is 4.07. The van der Waals surface area contributed by atoms with E-state index in [9.17, 15) is 9.00 Å². The van der Waals surface area contributed by atoms with E-state index < -0.39 is 23.6 Å². The van der Waals surface area contributed by atoms with E-state index in [0.29, 0.717) is 12.2 Å². The molecule has 3 rings (SSSR count). The molecule has 0 N–H and O–H groups in total. The van der Waals surface area contributed by atoms with E-state index in [1.165, 1.54) is 6.26 Å². The molecule has 5 nitrogen and oxygen atoms in total. The van der Waals surface area contributed by atoms with Crippen molar-refractivity contribution in [2.24, 2.45) is 0 Å². The second kappa shape index (κ2) is 6.34. The van der Waals surface area contributed by atoms with Gasteiger partial charge in [-0.1, -0.05) is 30.3 Å². The highest BCUT2D eigenvalue weighted by atomic mass is 32.2. The monoisotopic (exact) mass is 306 g/mol. The number of hydrogen-bond acceptors (Lipinski definition) is 5. The molecule has 0 spiro atoms. The first-order chi connectivity index (χ1) is 10.2. The van der Waals surface area contributed by atoms with Gasteiger partial charge in [0.15, 0.2) is 11.5 Å². The molecule has 1 aliphatic rings. The molecule has 1 fully saturated rings. The standard InChI is InChI=1S/C15H14O5S/c16-12(13-7-4-10-18-13)8-9-14-15(20-21(17)19-14)11-5-2-1-3-6-11/h1-7,10,14-15H,8-9H2/t14-,15-,21?/m1/s1. The summed E-state index contributed by atoms with van der Waals surface area (Å²) in [5, 5.41) is 0. The zero-order valence-corrected chi connectivity index (χ0v) is 12.0. The van der Waals surface area contributed by atoms with Gasteiger partial charge in [-0.05, 0) is 24.1 Å². The van der Waals surface area contributed by atoms with Crippen LogP contribution in [-0.2, 0) is 19.7 Å². The van der Waals surface area contributed by atoms with Gasteiger partial charge in [0.2, 0.25) is 0 Å². The topological polar surface area (TPSA) is 65.7 Å². The second-order valence-electron chi connectivity index (χ2n) is 4.71. The summed E-state index contributed by atoms with van der Waals surface area (Å²) in [5.41, 5.74) is 0.888. The Morgan fingerprint density at radius 2 is 1.90 bits per heavy atom. The van der Waals surface area contributed by atoms with Crippen molar-refractivity contribution >= 4 is 17.1 Å². The molecule has 3 atom stereocenters. The molecule has 1 aromatic heterocycles. The van der Waals surface area contributed by atoms with E-state index in [4.69, 9.17) is 12.8 Å². The molecule has 0 aliphatic carbocycles. The predicted octanol–water partition coefficient (Wildman–Crippen LogP) is 2.98. The van der Waals surface area contributed by atoms with Gasteiger partial charge in [-0.25, -0.2) is 0 Å². The summed E-state index contributed by atoms with van der Waals surface area (Å²) >= 11 is -1.77. The number of hydrogen-bond donors (Lipinski definition) is 0. The summed E-state index contributed by atoms with van der Waals surface area (Å²) in [4.78, 5) is 11.9. The number of ketones is 1. The Hall–Kier alpha value is -1.76. The van der Waals surface area contributed by atoms with Crippen molar-refractivity contribution in [2.45, 2.75) is 25.0 Å². The van der Waals surface area contributed by atoms with E-state index >= 15 is 0 Å².